The summed E-state index contributed by atoms with van der Waals surface area (Å²) in [6.07, 6.45) is 0. The molecular formula is H4O3SiSr. The molecular weight excluding hydrogens is 164 g/mol. The first-order chi connectivity index (χ1) is 1.73. The molecule has 5 heteroatoms. The zero-order chi connectivity index (χ0) is 3.58. The first-order valence-corrected chi connectivity index (χ1v) is 1.95. The SMILES string of the molecule is O=[Si](O)O.[H-].[H-].[Sr+2]. The van der Waals surface area contributed by atoms with Crippen LogP contribution in [0.4, 0.5) is 0 Å². The molecule has 0 spiro atoms. The predicted octanol–water partition coefficient (Wildman–Crippen LogP) is -1.77. The molecule has 0 aliphatic heterocycles. The summed E-state index contributed by atoms with van der Waals surface area (Å²) in [5.41, 5.74) is 0. The second-order valence-corrected chi connectivity index (χ2v) is 0.848. The Balaban J connectivity index is -0.0000000150. The maximum atomic E-state index is 8.74. The summed E-state index contributed by atoms with van der Waals surface area (Å²) in [5, 5.41) is 0. The van der Waals surface area contributed by atoms with Crippen molar-refractivity contribution in [2.24, 2.45) is 0 Å². The molecule has 0 radical (unpaired) electrons. The molecule has 5 heavy (non-hydrogen) atoms. The summed E-state index contributed by atoms with van der Waals surface area (Å²) >= 11 is 0. The third-order valence-electron chi connectivity index (χ3n) is 0. The standard InChI is InChI=1S/H2O3Si.Sr.2H/c1-4(2)3;;;/h1-2H;;;/q;+2;2*-1. The van der Waals surface area contributed by atoms with Gasteiger partial charge >= 0.3 is 54.7 Å². The van der Waals surface area contributed by atoms with Crippen molar-refractivity contribution < 1.29 is 16.9 Å². The van der Waals surface area contributed by atoms with Crippen LogP contribution in [-0.4, -0.2) is 64.2 Å². The minimum absolute atomic E-state index is 0. The molecule has 0 aromatic carbocycles. The second-order valence-electron chi connectivity index (χ2n) is 0.283. The summed E-state index contributed by atoms with van der Waals surface area (Å²) in [5.74, 6) is 0. The van der Waals surface area contributed by atoms with Crippen LogP contribution in [0.25, 0.3) is 0 Å². The molecule has 0 atom stereocenters. The van der Waals surface area contributed by atoms with Crippen LogP contribution in [0.1, 0.15) is 2.85 Å². The largest absolute Gasteiger partial charge is 2.00 e. The van der Waals surface area contributed by atoms with Gasteiger partial charge in [0.25, 0.3) is 0 Å². The average Bonchev–Trinajstić information content (AvgIpc) is 0.811. The first-order valence-electron chi connectivity index (χ1n) is 0.651. The Hall–Kier alpha value is 1.10. The molecule has 0 fully saturated rings. The van der Waals surface area contributed by atoms with Gasteiger partial charge in [0.1, 0.15) is 0 Å². The van der Waals surface area contributed by atoms with Crippen LogP contribution in [0.15, 0.2) is 0 Å². The molecule has 0 rings (SSSR count). The zero-order valence-corrected chi connectivity index (χ0v) is 6.99. The Labute approximate surface area is 70.8 Å². The smallest absolute Gasteiger partial charge is 1.00 e. The summed E-state index contributed by atoms with van der Waals surface area (Å²) in [6, 6.07) is 0. The quantitative estimate of drug-likeness (QED) is 0.420. The molecule has 0 aliphatic rings. The monoisotopic (exact) mass is 168 g/mol. The number of hydrogen-bond donors (Lipinski definition) is 2. The normalized spacial score (nSPS) is 4.80. The summed E-state index contributed by atoms with van der Waals surface area (Å²) in [6.45, 7) is 0. The maximum Gasteiger partial charge on any atom is 2.00 e. The van der Waals surface area contributed by atoms with Crippen molar-refractivity contribution in [1.29, 1.82) is 0 Å². The molecule has 0 amide bonds. The predicted molar refractivity (Wildman–Crippen MR) is 18.9 cm³/mol. The summed E-state index contributed by atoms with van der Waals surface area (Å²) < 4.78 is 8.74. The van der Waals surface area contributed by atoms with Crippen molar-refractivity contribution in [2.75, 3.05) is 0 Å². The third kappa shape index (κ3) is 40.6. The summed E-state index contributed by atoms with van der Waals surface area (Å²) in [7, 11) is -3.13. The minimum atomic E-state index is -3.13. The Morgan fingerprint density at radius 1 is 1.60 bits per heavy atom. The van der Waals surface area contributed by atoms with Crippen molar-refractivity contribution in [2.45, 2.75) is 0 Å². The van der Waals surface area contributed by atoms with Crippen LogP contribution in [0.5, 0.6) is 0 Å². The van der Waals surface area contributed by atoms with E-state index in [1.807, 2.05) is 0 Å². The van der Waals surface area contributed by atoms with Crippen LogP contribution in [0.3, 0.4) is 0 Å². The van der Waals surface area contributed by atoms with Crippen LogP contribution < -0.4 is 0 Å². The van der Waals surface area contributed by atoms with Gasteiger partial charge in [-0.3, -0.25) is 4.46 Å². The van der Waals surface area contributed by atoms with Gasteiger partial charge in [0, 0.05) is 0 Å². The molecule has 0 heterocycles. The zero-order valence-electron chi connectivity index (χ0n) is 4.51. The fraction of sp³-hybridized carbons (Fsp3) is 0. The van der Waals surface area contributed by atoms with Crippen LogP contribution >= 0.6 is 0 Å². The van der Waals surface area contributed by atoms with Crippen molar-refractivity contribution >= 4 is 54.7 Å². The molecule has 0 aromatic heterocycles. The van der Waals surface area contributed by atoms with E-state index in [0.29, 0.717) is 0 Å². The van der Waals surface area contributed by atoms with Crippen molar-refractivity contribution in [3.63, 3.8) is 0 Å². The molecule has 2 N–H and O–H groups in total. The fourth-order valence-corrected chi connectivity index (χ4v) is 0. The molecule has 0 aromatic rings. The number of hydrogen-bond acceptors (Lipinski definition) is 1. The molecule has 0 saturated carbocycles. The first kappa shape index (κ1) is 9.44. The van der Waals surface area contributed by atoms with E-state index in [2.05, 4.69) is 0 Å². The van der Waals surface area contributed by atoms with Gasteiger partial charge in [0.2, 0.25) is 0 Å². The van der Waals surface area contributed by atoms with E-state index in [9.17, 15) is 0 Å². The van der Waals surface area contributed by atoms with Gasteiger partial charge in [-0.1, -0.05) is 0 Å². The Bertz CT molecular complexity index is 35.9. The topological polar surface area (TPSA) is 57.5 Å². The fourth-order valence-electron chi connectivity index (χ4n) is 0. The van der Waals surface area contributed by atoms with Gasteiger partial charge < -0.3 is 12.4 Å². The van der Waals surface area contributed by atoms with Gasteiger partial charge in [-0.25, -0.2) is 0 Å². The molecule has 28 valence electrons. The summed E-state index contributed by atoms with van der Waals surface area (Å²) in [4.78, 5) is 14.3. The second kappa shape index (κ2) is 5.10. The Kier molecular flexibility index (Phi) is 9.62. The van der Waals surface area contributed by atoms with E-state index in [0.717, 1.165) is 0 Å². The van der Waals surface area contributed by atoms with E-state index < -0.39 is 9.17 Å². The average molecular weight is 168 g/mol. The van der Waals surface area contributed by atoms with Crippen LogP contribution in [0, 0.1) is 0 Å². The van der Waals surface area contributed by atoms with Gasteiger partial charge in [-0.2, -0.15) is 0 Å². The number of rotatable bonds is 0. The van der Waals surface area contributed by atoms with E-state index in [-0.39, 0.29) is 48.3 Å². The van der Waals surface area contributed by atoms with E-state index in [1.54, 1.807) is 0 Å². The van der Waals surface area contributed by atoms with E-state index >= 15 is 0 Å². The Morgan fingerprint density at radius 2 is 1.60 bits per heavy atom. The van der Waals surface area contributed by atoms with Gasteiger partial charge in [-0.15, -0.1) is 0 Å². The minimum Gasteiger partial charge on any atom is -1.00 e. The van der Waals surface area contributed by atoms with Crippen LogP contribution in [0.2, 0.25) is 0 Å². The van der Waals surface area contributed by atoms with Gasteiger partial charge in [0.15, 0.2) is 0 Å². The Morgan fingerprint density at radius 3 is 1.60 bits per heavy atom. The van der Waals surface area contributed by atoms with Crippen molar-refractivity contribution in [1.82, 2.24) is 0 Å². The van der Waals surface area contributed by atoms with E-state index in [4.69, 9.17) is 14.1 Å². The third-order valence-corrected chi connectivity index (χ3v) is 0. The molecule has 0 unspecified atom stereocenters. The molecule has 0 bridgehead atoms. The molecule has 0 aliphatic carbocycles. The van der Waals surface area contributed by atoms with Crippen molar-refractivity contribution in [3.8, 4) is 0 Å². The molecule has 3 nitrogen and oxygen atoms in total. The van der Waals surface area contributed by atoms with Crippen LogP contribution in [-0.2, 0) is 4.46 Å². The maximum absolute atomic E-state index is 8.74. The van der Waals surface area contributed by atoms with Gasteiger partial charge in [0.05, 0.1) is 0 Å². The van der Waals surface area contributed by atoms with Gasteiger partial charge in [-0.05, 0) is 0 Å². The van der Waals surface area contributed by atoms with Crippen molar-refractivity contribution in [3.05, 3.63) is 0 Å². The van der Waals surface area contributed by atoms with E-state index in [1.165, 1.54) is 0 Å². The molecule has 0 saturated heterocycles.